The Balaban J connectivity index is 1.54. The summed E-state index contributed by atoms with van der Waals surface area (Å²) in [4.78, 5) is 21.9. The van der Waals surface area contributed by atoms with Gasteiger partial charge in [-0.1, -0.05) is 17.7 Å². The first-order valence-electron chi connectivity index (χ1n) is 7.31. The predicted octanol–water partition coefficient (Wildman–Crippen LogP) is 2.51. The molecule has 1 N–H and O–H groups in total. The third-order valence-corrected chi connectivity index (χ3v) is 3.61. The molecule has 0 spiro atoms. The maximum absolute atomic E-state index is 11.7. The van der Waals surface area contributed by atoms with Crippen molar-refractivity contribution in [2.75, 3.05) is 13.4 Å². The number of hydrazone groups is 1. The van der Waals surface area contributed by atoms with E-state index in [0.29, 0.717) is 22.1 Å². The van der Waals surface area contributed by atoms with Gasteiger partial charge in [0.05, 0.1) is 22.2 Å². The number of benzene rings is 2. The summed E-state index contributed by atoms with van der Waals surface area (Å²) >= 11 is 6.09. The normalized spacial score (nSPS) is 12.2. The highest BCUT2D eigenvalue weighted by molar-refractivity contribution is 6.33. The highest BCUT2D eigenvalue weighted by Gasteiger charge is 2.15. The molecule has 0 saturated carbocycles. The number of rotatable bonds is 6. The van der Waals surface area contributed by atoms with Gasteiger partial charge >= 0.3 is 0 Å². The van der Waals surface area contributed by atoms with Crippen molar-refractivity contribution in [1.29, 1.82) is 0 Å². The van der Waals surface area contributed by atoms with Crippen LogP contribution in [0, 0.1) is 10.1 Å². The predicted molar refractivity (Wildman–Crippen MR) is 91.9 cm³/mol. The summed E-state index contributed by atoms with van der Waals surface area (Å²) in [5.74, 6) is 0.750. The lowest BCUT2D eigenvalue weighted by Crippen LogP contribution is -2.24. The van der Waals surface area contributed by atoms with E-state index in [0.717, 1.165) is 0 Å². The minimum atomic E-state index is -0.549. The number of amides is 1. The van der Waals surface area contributed by atoms with E-state index in [1.165, 1.54) is 30.5 Å². The van der Waals surface area contributed by atoms with Crippen molar-refractivity contribution < 1.29 is 23.9 Å². The summed E-state index contributed by atoms with van der Waals surface area (Å²) in [5, 5.41) is 14.9. The second-order valence-corrected chi connectivity index (χ2v) is 5.47. The molecular formula is C16H12ClN3O6. The van der Waals surface area contributed by atoms with Gasteiger partial charge in [0.1, 0.15) is 5.75 Å². The summed E-state index contributed by atoms with van der Waals surface area (Å²) in [7, 11) is 0. The van der Waals surface area contributed by atoms with Crippen LogP contribution in [-0.4, -0.2) is 30.4 Å². The second kappa shape index (κ2) is 7.70. The van der Waals surface area contributed by atoms with Gasteiger partial charge in [0.2, 0.25) is 6.79 Å². The number of carbonyl (C=O) groups is 1. The molecule has 0 aromatic heterocycles. The van der Waals surface area contributed by atoms with E-state index in [1.54, 1.807) is 12.1 Å². The molecule has 0 saturated heterocycles. The first kappa shape index (κ1) is 17.5. The lowest BCUT2D eigenvalue weighted by molar-refractivity contribution is -0.384. The Morgan fingerprint density at radius 2 is 2.12 bits per heavy atom. The number of hydrogen-bond acceptors (Lipinski definition) is 7. The first-order valence-corrected chi connectivity index (χ1v) is 7.69. The van der Waals surface area contributed by atoms with Crippen LogP contribution >= 0.6 is 11.6 Å². The Hall–Kier alpha value is -3.33. The van der Waals surface area contributed by atoms with Crippen LogP contribution in [0.2, 0.25) is 5.02 Å². The Kier molecular flexibility index (Phi) is 5.18. The number of halogens is 1. The summed E-state index contributed by atoms with van der Waals surface area (Å²) in [5.41, 5.74) is 2.69. The van der Waals surface area contributed by atoms with Crippen molar-refractivity contribution in [3.05, 3.63) is 57.1 Å². The summed E-state index contributed by atoms with van der Waals surface area (Å²) in [6.07, 6.45) is 1.36. The summed E-state index contributed by atoms with van der Waals surface area (Å²) < 4.78 is 15.6. The minimum absolute atomic E-state index is 0.123. The Morgan fingerprint density at radius 1 is 1.35 bits per heavy atom. The second-order valence-electron chi connectivity index (χ2n) is 5.06. The SMILES string of the molecule is O=C(COc1cccc([N+](=O)[O-])c1)N/N=C/c1cc2c(cc1Cl)OCO2. The summed E-state index contributed by atoms with van der Waals surface area (Å²) in [6, 6.07) is 8.76. The third-order valence-electron chi connectivity index (χ3n) is 3.28. The third kappa shape index (κ3) is 4.19. The molecular weight excluding hydrogens is 366 g/mol. The van der Waals surface area contributed by atoms with E-state index in [2.05, 4.69) is 10.5 Å². The molecule has 26 heavy (non-hydrogen) atoms. The first-order chi connectivity index (χ1) is 12.5. The fourth-order valence-electron chi connectivity index (χ4n) is 2.07. The number of nitrogens with zero attached hydrogens (tertiary/aromatic N) is 2. The molecule has 1 aliphatic rings. The molecule has 10 heteroatoms. The number of ether oxygens (including phenoxy) is 3. The van der Waals surface area contributed by atoms with Crippen molar-refractivity contribution in [2.24, 2.45) is 5.10 Å². The van der Waals surface area contributed by atoms with Gasteiger partial charge < -0.3 is 14.2 Å². The van der Waals surface area contributed by atoms with Gasteiger partial charge in [0.25, 0.3) is 11.6 Å². The fourth-order valence-corrected chi connectivity index (χ4v) is 2.28. The molecule has 0 radical (unpaired) electrons. The van der Waals surface area contributed by atoms with Crippen LogP contribution in [0.4, 0.5) is 5.69 Å². The smallest absolute Gasteiger partial charge is 0.277 e. The summed E-state index contributed by atoms with van der Waals surface area (Å²) in [6.45, 7) is -0.231. The monoisotopic (exact) mass is 377 g/mol. The quantitative estimate of drug-likeness (QED) is 0.470. The van der Waals surface area contributed by atoms with E-state index in [1.807, 2.05) is 0 Å². The van der Waals surface area contributed by atoms with Gasteiger partial charge in [0, 0.05) is 17.7 Å². The van der Waals surface area contributed by atoms with Crippen LogP contribution in [0.15, 0.2) is 41.5 Å². The molecule has 0 fully saturated rings. The van der Waals surface area contributed by atoms with Crippen molar-refractivity contribution in [3.63, 3.8) is 0 Å². The van der Waals surface area contributed by atoms with Gasteiger partial charge in [0.15, 0.2) is 18.1 Å². The number of nitrogens with one attached hydrogen (secondary N) is 1. The van der Waals surface area contributed by atoms with E-state index < -0.39 is 10.8 Å². The number of non-ortho nitro benzene ring substituents is 1. The minimum Gasteiger partial charge on any atom is -0.483 e. The fraction of sp³-hybridized carbons (Fsp3) is 0.125. The Morgan fingerprint density at radius 3 is 2.88 bits per heavy atom. The van der Waals surface area contributed by atoms with Crippen molar-refractivity contribution in [3.8, 4) is 17.2 Å². The Bertz CT molecular complexity index is 886. The zero-order chi connectivity index (χ0) is 18.5. The molecule has 134 valence electrons. The molecule has 0 bridgehead atoms. The Labute approximate surface area is 152 Å². The number of carbonyl (C=O) groups excluding carboxylic acids is 1. The molecule has 2 aromatic carbocycles. The highest BCUT2D eigenvalue weighted by Crippen LogP contribution is 2.36. The molecule has 0 atom stereocenters. The number of nitro benzene ring substituents is 1. The van der Waals surface area contributed by atoms with Gasteiger partial charge in [-0.05, 0) is 12.1 Å². The standard InChI is InChI=1S/C16H12ClN3O6/c17-13-6-15-14(25-9-26-15)4-10(13)7-18-19-16(21)8-24-12-3-1-2-11(5-12)20(22)23/h1-7H,8-9H2,(H,19,21)/b18-7+. The van der Waals surface area contributed by atoms with E-state index >= 15 is 0 Å². The average molecular weight is 378 g/mol. The van der Waals surface area contributed by atoms with Crippen LogP contribution in [0.5, 0.6) is 17.2 Å². The van der Waals surface area contributed by atoms with Gasteiger partial charge in [-0.2, -0.15) is 5.10 Å². The van der Waals surface area contributed by atoms with Crippen LogP contribution in [0.1, 0.15) is 5.56 Å². The number of nitro groups is 1. The molecule has 0 unspecified atom stereocenters. The van der Waals surface area contributed by atoms with E-state index in [9.17, 15) is 14.9 Å². The maximum atomic E-state index is 11.7. The maximum Gasteiger partial charge on any atom is 0.277 e. The van der Waals surface area contributed by atoms with Crippen LogP contribution < -0.4 is 19.6 Å². The van der Waals surface area contributed by atoms with Crippen molar-refractivity contribution in [2.45, 2.75) is 0 Å². The molecule has 9 nitrogen and oxygen atoms in total. The number of fused-ring (bicyclic) bond motifs is 1. The molecule has 0 aliphatic carbocycles. The topological polar surface area (TPSA) is 112 Å². The molecule has 3 rings (SSSR count). The van der Waals surface area contributed by atoms with Gasteiger partial charge in [-0.15, -0.1) is 0 Å². The van der Waals surface area contributed by atoms with Crippen molar-refractivity contribution in [1.82, 2.24) is 5.43 Å². The lowest BCUT2D eigenvalue weighted by Gasteiger charge is -2.05. The van der Waals surface area contributed by atoms with E-state index in [-0.39, 0.29) is 24.8 Å². The molecule has 1 amide bonds. The van der Waals surface area contributed by atoms with Gasteiger partial charge in [-0.25, -0.2) is 5.43 Å². The van der Waals surface area contributed by atoms with E-state index in [4.69, 9.17) is 25.8 Å². The zero-order valence-electron chi connectivity index (χ0n) is 13.2. The van der Waals surface area contributed by atoms with Crippen LogP contribution in [-0.2, 0) is 4.79 Å². The highest BCUT2D eigenvalue weighted by atomic mass is 35.5. The zero-order valence-corrected chi connectivity index (χ0v) is 13.9. The van der Waals surface area contributed by atoms with Crippen molar-refractivity contribution >= 4 is 29.4 Å². The number of hydrogen-bond donors (Lipinski definition) is 1. The van der Waals surface area contributed by atoms with Gasteiger partial charge in [-0.3, -0.25) is 14.9 Å². The largest absolute Gasteiger partial charge is 0.483 e. The van der Waals surface area contributed by atoms with Crippen LogP contribution in [0.3, 0.4) is 0 Å². The molecule has 2 aromatic rings. The van der Waals surface area contributed by atoms with Crippen LogP contribution in [0.25, 0.3) is 0 Å². The molecule has 1 aliphatic heterocycles. The average Bonchev–Trinajstić information content (AvgIpc) is 3.07. The molecule has 1 heterocycles. The lowest BCUT2D eigenvalue weighted by atomic mass is 10.2.